The van der Waals surface area contributed by atoms with Crippen LogP contribution in [-0.2, 0) is 11.3 Å². The number of carbonyl (C=O) groups is 1. The molecule has 30 heavy (non-hydrogen) atoms. The molecule has 2 aliphatic rings. The summed E-state index contributed by atoms with van der Waals surface area (Å²) in [5.74, 6) is -1.14. The molecule has 2 N–H and O–H groups in total. The highest BCUT2D eigenvalue weighted by Gasteiger charge is 2.28. The van der Waals surface area contributed by atoms with Crippen LogP contribution in [0.2, 0.25) is 0 Å². The fraction of sp³-hybridized carbons (Fsp3) is 0.500. The van der Waals surface area contributed by atoms with Crippen molar-refractivity contribution in [3.8, 4) is 0 Å². The van der Waals surface area contributed by atoms with Crippen molar-refractivity contribution < 1.29 is 24.1 Å². The lowest BCUT2D eigenvalue weighted by atomic mass is 10.1. The second-order valence-corrected chi connectivity index (χ2v) is 8.62. The molecule has 0 aliphatic carbocycles. The highest BCUT2D eigenvalue weighted by Crippen LogP contribution is 2.34. The number of aryl methyl sites for hydroxylation is 1. The number of aliphatic hydroxyl groups excluding tert-OH is 1. The first-order valence-corrected chi connectivity index (χ1v) is 10.8. The summed E-state index contributed by atoms with van der Waals surface area (Å²) >= 11 is 1.34. The average Bonchev–Trinajstić information content (AvgIpc) is 3.18. The number of β-amino-alcohol motifs (C(OH)–C–C–N with tert-alkyl or cyclic N) is 1. The Morgan fingerprint density at radius 1 is 1.27 bits per heavy atom. The van der Waals surface area contributed by atoms with E-state index in [2.05, 4.69) is 4.90 Å². The van der Waals surface area contributed by atoms with E-state index < -0.39 is 23.3 Å². The highest BCUT2D eigenvalue weighted by molar-refractivity contribution is 7.99. The van der Waals surface area contributed by atoms with E-state index in [1.54, 1.807) is 13.2 Å². The molecule has 8 nitrogen and oxygen atoms in total. The minimum atomic E-state index is -1.28. The first-order chi connectivity index (χ1) is 14.4. The number of anilines is 1. The molecule has 1 atom stereocenters. The fourth-order valence-corrected chi connectivity index (χ4v) is 5.32. The molecule has 0 saturated carbocycles. The van der Waals surface area contributed by atoms with Crippen molar-refractivity contribution in [3.63, 3.8) is 0 Å². The number of aromatic carboxylic acids is 1. The van der Waals surface area contributed by atoms with E-state index in [1.165, 1.54) is 17.8 Å². The summed E-state index contributed by atoms with van der Waals surface area (Å²) in [4.78, 5) is 28.4. The number of carboxylic acid groups (broad SMARTS) is 1. The number of halogens is 1. The average molecular weight is 437 g/mol. The molecule has 1 fully saturated rings. The van der Waals surface area contributed by atoms with Gasteiger partial charge in [-0.25, -0.2) is 9.18 Å². The lowest BCUT2D eigenvalue weighted by molar-refractivity contribution is 0.0365. The van der Waals surface area contributed by atoms with Gasteiger partial charge in [0.2, 0.25) is 5.43 Å². The molecule has 2 aliphatic heterocycles. The predicted octanol–water partition coefficient (Wildman–Crippen LogP) is 1.07. The van der Waals surface area contributed by atoms with E-state index in [1.807, 2.05) is 9.47 Å². The minimum absolute atomic E-state index is 0.0984. The van der Waals surface area contributed by atoms with Crippen LogP contribution in [0.25, 0.3) is 10.9 Å². The van der Waals surface area contributed by atoms with Crippen LogP contribution in [0.5, 0.6) is 0 Å². The number of methoxy groups -OCH3 is 1. The maximum atomic E-state index is 15.0. The number of aromatic nitrogens is 1. The van der Waals surface area contributed by atoms with Crippen molar-refractivity contribution in [3.05, 3.63) is 33.7 Å². The van der Waals surface area contributed by atoms with Crippen molar-refractivity contribution in [2.75, 3.05) is 57.1 Å². The molecule has 0 radical (unpaired) electrons. The summed E-state index contributed by atoms with van der Waals surface area (Å²) in [6.07, 6.45) is -0.561. The largest absolute Gasteiger partial charge is 0.477 e. The van der Waals surface area contributed by atoms with E-state index in [-0.39, 0.29) is 17.6 Å². The first kappa shape index (κ1) is 21.1. The number of nitrogens with zero attached hydrogens (tertiary/aromatic N) is 3. The number of carboxylic acids is 1. The van der Waals surface area contributed by atoms with Gasteiger partial charge in [-0.2, -0.15) is 0 Å². The Kier molecular flexibility index (Phi) is 6.01. The number of piperazine rings is 1. The number of hydrogen-bond donors (Lipinski definition) is 2. The molecule has 1 aromatic carbocycles. The summed E-state index contributed by atoms with van der Waals surface area (Å²) < 4.78 is 21.7. The lowest BCUT2D eigenvalue weighted by Gasteiger charge is -2.37. The Labute approximate surface area is 176 Å². The molecule has 1 saturated heterocycles. The summed E-state index contributed by atoms with van der Waals surface area (Å²) in [6, 6.07) is 2.84. The van der Waals surface area contributed by atoms with Crippen LogP contribution in [0.15, 0.2) is 22.0 Å². The topological polar surface area (TPSA) is 95.2 Å². The molecule has 162 valence electrons. The van der Waals surface area contributed by atoms with Gasteiger partial charge in [0, 0.05) is 57.5 Å². The van der Waals surface area contributed by atoms with Crippen LogP contribution >= 0.6 is 11.8 Å². The van der Waals surface area contributed by atoms with Gasteiger partial charge in [-0.15, -0.1) is 11.8 Å². The van der Waals surface area contributed by atoms with Gasteiger partial charge < -0.3 is 24.4 Å². The zero-order valence-electron chi connectivity index (χ0n) is 16.6. The molecule has 1 aromatic heterocycles. The van der Waals surface area contributed by atoms with E-state index in [0.29, 0.717) is 61.3 Å². The van der Waals surface area contributed by atoms with E-state index in [4.69, 9.17) is 4.74 Å². The molecule has 3 heterocycles. The molecular formula is C20H24FN3O5S. The van der Waals surface area contributed by atoms with Crippen LogP contribution in [-0.4, -0.2) is 83.9 Å². The molecule has 0 amide bonds. The normalized spacial score (nSPS) is 18.0. The van der Waals surface area contributed by atoms with Crippen molar-refractivity contribution in [2.45, 2.75) is 17.7 Å². The zero-order valence-corrected chi connectivity index (χ0v) is 17.5. The molecular weight excluding hydrogens is 413 g/mol. The monoisotopic (exact) mass is 437 g/mol. The Balaban J connectivity index is 1.64. The number of ether oxygens (including phenoxy) is 1. The van der Waals surface area contributed by atoms with Gasteiger partial charge in [0.05, 0.1) is 28.9 Å². The Morgan fingerprint density at radius 3 is 2.67 bits per heavy atom. The third-order valence-electron chi connectivity index (χ3n) is 5.60. The summed E-state index contributed by atoms with van der Waals surface area (Å²) in [6.45, 7) is 3.86. The van der Waals surface area contributed by atoms with Crippen molar-refractivity contribution in [1.82, 2.24) is 9.47 Å². The van der Waals surface area contributed by atoms with Crippen LogP contribution < -0.4 is 10.3 Å². The Bertz CT molecular complexity index is 1040. The number of pyridine rings is 1. The highest BCUT2D eigenvalue weighted by atomic mass is 32.2. The van der Waals surface area contributed by atoms with E-state index in [9.17, 15) is 24.2 Å². The number of benzene rings is 1. The molecule has 0 bridgehead atoms. The number of hydrogen-bond acceptors (Lipinski definition) is 7. The molecule has 0 spiro atoms. The van der Waals surface area contributed by atoms with Crippen LogP contribution in [0.4, 0.5) is 10.1 Å². The zero-order chi connectivity index (χ0) is 21.4. The number of rotatable bonds is 6. The smallest absolute Gasteiger partial charge is 0.342 e. The SMILES string of the molecule is COCC(O)CN1CCN(c2cc3c(cc2F)c(=O)c(C(=O)O)c2n3CCS2)CC1. The number of aliphatic hydroxyl groups is 1. The summed E-state index contributed by atoms with van der Waals surface area (Å²) in [7, 11) is 1.55. The fourth-order valence-electron chi connectivity index (χ4n) is 4.18. The molecule has 4 rings (SSSR count). The molecule has 10 heteroatoms. The first-order valence-electron chi connectivity index (χ1n) is 9.81. The van der Waals surface area contributed by atoms with Crippen LogP contribution in [0.1, 0.15) is 10.4 Å². The second kappa shape index (κ2) is 8.54. The van der Waals surface area contributed by atoms with Crippen molar-refractivity contribution >= 4 is 34.3 Å². The van der Waals surface area contributed by atoms with Gasteiger partial charge in [0.1, 0.15) is 11.4 Å². The van der Waals surface area contributed by atoms with Crippen molar-refractivity contribution in [1.29, 1.82) is 0 Å². The van der Waals surface area contributed by atoms with Gasteiger partial charge in [-0.05, 0) is 12.1 Å². The standard InChI is InChI=1S/C20H24FN3O5S/c1-29-11-12(25)10-22-2-4-23(5-3-22)16-9-15-13(8-14(16)21)18(26)17(20(27)28)19-24(15)6-7-30-19/h8-9,12,25H,2-7,10-11H2,1H3,(H,27,28). The third-order valence-corrected chi connectivity index (χ3v) is 6.68. The number of fused-ring (bicyclic) bond motifs is 3. The van der Waals surface area contributed by atoms with Gasteiger partial charge in [-0.1, -0.05) is 0 Å². The quantitative estimate of drug-likeness (QED) is 0.693. The molecule has 1 unspecified atom stereocenters. The van der Waals surface area contributed by atoms with Gasteiger partial charge >= 0.3 is 5.97 Å². The third kappa shape index (κ3) is 3.80. The second-order valence-electron chi connectivity index (χ2n) is 7.53. The number of thioether (sulfide) groups is 1. The predicted molar refractivity (Wildman–Crippen MR) is 112 cm³/mol. The minimum Gasteiger partial charge on any atom is -0.477 e. The van der Waals surface area contributed by atoms with Gasteiger partial charge in [0.15, 0.2) is 0 Å². The van der Waals surface area contributed by atoms with Gasteiger partial charge in [0.25, 0.3) is 0 Å². The lowest BCUT2D eigenvalue weighted by Crippen LogP contribution is -2.49. The maximum Gasteiger partial charge on any atom is 0.342 e. The Morgan fingerprint density at radius 2 is 2.00 bits per heavy atom. The van der Waals surface area contributed by atoms with Gasteiger partial charge in [-0.3, -0.25) is 9.69 Å². The maximum absolute atomic E-state index is 15.0. The summed E-state index contributed by atoms with van der Waals surface area (Å²) in [5, 5.41) is 19.9. The Hall–Kier alpha value is -2.14. The van der Waals surface area contributed by atoms with Crippen molar-refractivity contribution in [2.24, 2.45) is 0 Å². The van der Waals surface area contributed by atoms with E-state index >= 15 is 0 Å². The summed E-state index contributed by atoms with van der Waals surface area (Å²) in [5.41, 5.74) is 0.0638. The van der Waals surface area contributed by atoms with Crippen LogP contribution in [0, 0.1) is 5.82 Å². The van der Waals surface area contributed by atoms with Crippen LogP contribution in [0.3, 0.4) is 0 Å². The molecule has 2 aromatic rings. The van der Waals surface area contributed by atoms with E-state index in [0.717, 1.165) is 0 Å².